The zero-order valence-electron chi connectivity index (χ0n) is 9.57. The van der Waals surface area contributed by atoms with Crippen LogP contribution in [0, 0.1) is 5.92 Å². The molecule has 1 aromatic rings. The molecule has 6 heteroatoms. The maximum absolute atomic E-state index is 11.8. The second-order valence-electron chi connectivity index (χ2n) is 4.12. The predicted octanol–water partition coefficient (Wildman–Crippen LogP) is 2.74. The number of carbonyl (C=O) groups is 2. The summed E-state index contributed by atoms with van der Waals surface area (Å²) >= 11 is 4.53. The molecule has 94 valence electrons. The molecule has 1 heterocycles. The first-order chi connectivity index (χ1) is 7.90. The lowest BCUT2D eigenvalue weighted by molar-refractivity contribution is -0.139. The summed E-state index contributed by atoms with van der Waals surface area (Å²) < 4.78 is 0.823. The fourth-order valence-electron chi connectivity index (χ4n) is 1.35. The number of aliphatic carboxylic acids is 1. The molecule has 0 saturated heterocycles. The van der Waals surface area contributed by atoms with Crippen molar-refractivity contribution in [1.29, 1.82) is 0 Å². The largest absolute Gasteiger partial charge is 0.480 e. The number of hydrogen-bond acceptors (Lipinski definition) is 3. The zero-order valence-corrected chi connectivity index (χ0v) is 12.0. The van der Waals surface area contributed by atoms with Gasteiger partial charge in [0.05, 0.1) is 4.88 Å². The summed E-state index contributed by atoms with van der Waals surface area (Å²) in [5, 5.41) is 13.3. The Bertz CT molecular complexity index is 417. The Labute approximate surface area is 112 Å². The van der Waals surface area contributed by atoms with Gasteiger partial charge in [-0.1, -0.05) is 13.8 Å². The van der Waals surface area contributed by atoms with Gasteiger partial charge in [-0.3, -0.25) is 4.79 Å². The Morgan fingerprint density at radius 3 is 2.59 bits per heavy atom. The summed E-state index contributed by atoms with van der Waals surface area (Å²) in [6, 6.07) is 0.845. The number of carboxylic acid groups (broad SMARTS) is 1. The number of halogens is 1. The van der Waals surface area contributed by atoms with E-state index in [1.807, 2.05) is 13.8 Å². The van der Waals surface area contributed by atoms with Gasteiger partial charge in [-0.2, -0.15) is 0 Å². The molecule has 1 amide bonds. The van der Waals surface area contributed by atoms with Crippen LogP contribution in [0.1, 0.15) is 29.9 Å². The molecule has 17 heavy (non-hydrogen) atoms. The Balaban J connectivity index is 2.67. The SMILES string of the molecule is CC(C)C[C@@H](NC(=O)c1cc(Br)cs1)C(=O)O. The highest BCUT2D eigenvalue weighted by Gasteiger charge is 2.22. The summed E-state index contributed by atoms with van der Waals surface area (Å²) in [7, 11) is 0. The number of carboxylic acids is 1. The van der Waals surface area contributed by atoms with Crippen molar-refractivity contribution in [3.8, 4) is 0 Å². The average Bonchev–Trinajstić information content (AvgIpc) is 2.63. The molecule has 2 N–H and O–H groups in total. The van der Waals surface area contributed by atoms with Crippen LogP contribution in [-0.2, 0) is 4.79 Å². The first-order valence-corrected chi connectivity index (χ1v) is 6.85. The normalized spacial score (nSPS) is 12.5. The number of rotatable bonds is 5. The second kappa shape index (κ2) is 6.16. The van der Waals surface area contributed by atoms with Crippen molar-refractivity contribution in [1.82, 2.24) is 5.32 Å². The van der Waals surface area contributed by atoms with E-state index in [0.717, 1.165) is 4.47 Å². The van der Waals surface area contributed by atoms with Crippen LogP contribution >= 0.6 is 27.3 Å². The summed E-state index contributed by atoms with van der Waals surface area (Å²) in [6.45, 7) is 3.84. The van der Waals surface area contributed by atoms with Crippen LogP contribution in [0.4, 0.5) is 0 Å². The van der Waals surface area contributed by atoms with Gasteiger partial charge in [0.1, 0.15) is 6.04 Å². The highest BCUT2D eigenvalue weighted by Crippen LogP contribution is 2.19. The smallest absolute Gasteiger partial charge is 0.326 e. The van der Waals surface area contributed by atoms with Crippen molar-refractivity contribution in [3.05, 3.63) is 20.8 Å². The van der Waals surface area contributed by atoms with E-state index in [1.54, 1.807) is 11.4 Å². The highest BCUT2D eigenvalue weighted by atomic mass is 79.9. The summed E-state index contributed by atoms with van der Waals surface area (Å²) in [6.07, 6.45) is 0.424. The molecule has 0 spiro atoms. The number of nitrogens with one attached hydrogen (secondary N) is 1. The minimum atomic E-state index is -0.998. The van der Waals surface area contributed by atoms with E-state index in [-0.39, 0.29) is 11.8 Å². The van der Waals surface area contributed by atoms with E-state index in [2.05, 4.69) is 21.2 Å². The van der Waals surface area contributed by atoms with Crippen LogP contribution in [0.15, 0.2) is 15.9 Å². The van der Waals surface area contributed by atoms with Gasteiger partial charge >= 0.3 is 5.97 Å². The first-order valence-electron chi connectivity index (χ1n) is 5.18. The van der Waals surface area contributed by atoms with Crippen molar-refractivity contribution in [2.75, 3.05) is 0 Å². The number of amides is 1. The minimum Gasteiger partial charge on any atom is -0.480 e. The fourth-order valence-corrected chi connectivity index (χ4v) is 2.68. The van der Waals surface area contributed by atoms with Crippen molar-refractivity contribution in [2.24, 2.45) is 5.92 Å². The van der Waals surface area contributed by atoms with E-state index in [1.165, 1.54) is 11.3 Å². The second-order valence-corrected chi connectivity index (χ2v) is 5.95. The third-order valence-electron chi connectivity index (χ3n) is 2.10. The molecule has 0 radical (unpaired) electrons. The van der Waals surface area contributed by atoms with Gasteiger partial charge in [0.15, 0.2) is 0 Å². The Morgan fingerprint density at radius 2 is 2.18 bits per heavy atom. The summed E-state index contributed by atoms with van der Waals surface area (Å²) in [5.74, 6) is -1.12. The van der Waals surface area contributed by atoms with Gasteiger partial charge < -0.3 is 10.4 Å². The molecule has 0 unspecified atom stereocenters. The summed E-state index contributed by atoms with van der Waals surface area (Å²) in [4.78, 5) is 23.3. The van der Waals surface area contributed by atoms with E-state index in [9.17, 15) is 9.59 Å². The molecule has 4 nitrogen and oxygen atoms in total. The highest BCUT2D eigenvalue weighted by molar-refractivity contribution is 9.10. The van der Waals surface area contributed by atoms with Gasteiger partial charge in [-0.15, -0.1) is 11.3 Å². The predicted molar refractivity (Wildman–Crippen MR) is 70.4 cm³/mol. The lowest BCUT2D eigenvalue weighted by Crippen LogP contribution is -2.41. The Kier molecular flexibility index (Phi) is 5.14. The third-order valence-corrected chi connectivity index (χ3v) is 3.79. The maximum atomic E-state index is 11.8. The molecular weight excluding hydrogens is 306 g/mol. The van der Waals surface area contributed by atoms with Gasteiger partial charge in [-0.25, -0.2) is 4.79 Å². The molecule has 0 aliphatic rings. The van der Waals surface area contributed by atoms with Crippen molar-refractivity contribution < 1.29 is 14.7 Å². The maximum Gasteiger partial charge on any atom is 0.326 e. The zero-order chi connectivity index (χ0) is 13.0. The summed E-state index contributed by atoms with van der Waals surface area (Å²) in [5.41, 5.74) is 0. The van der Waals surface area contributed by atoms with E-state index in [4.69, 9.17) is 5.11 Å². The number of thiophene rings is 1. The standard InChI is InChI=1S/C11H14BrNO3S/c1-6(2)3-8(11(15)16)13-10(14)9-4-7(12)5-17-9/h4-6,8H,3H2,1-2H3,(H,13,14)(H,15,16)/t8-/m1/s1. The Morgan fingerprint density at radius 1 is 1.53 bits per heavy atom. The molecule has 0 aliphatic heterocycles. The molecule has 0 bridgehead atoms. The van der Waals surface area contributed by atoms with Crippen LogP contribution in [-0.4, -0.2) is 23.0 Å². The minimum absolute atomic E-state index is 0.214. The van der Waals surface area contributed by atoms with Gasteiger partial charge in [-0.05, 0) is 34.3 Å². The molecule has 0 aliphatic carbocycles. The third kappa shape index (κ3) is 4.47. The Hall–Kier alpha value is -0.880. The van der Waals surface area contributed by atoms with Crippen LogP contribution in [0.25, 0.3) is 0 Å². The van der Waals surface area contributed by atoms with Crippen molar-refractivity contribution in [3.63, 3.8) is 0 Å². The van der Waals surface area contributed by atoms with E-state index in [0.29, 0.717) is 11.3 Å². The fraction of sp³-hybridized carbons (Fsp3) is 0.455. The van der Waals surface area contributed by atoms with Crippen molar-refractivity contribution >= 4 is 39.1 Å². The molecule has 0 saturated carbocycles. The topological polar surface area (TPSA) is 66.4 Å². The van der Waals surface area contributed by atoms with Crippen LogP contribution in [0.5, 0.6) is 0 Å². The van der Waals surface area contributed by atoms with E-state index < -0.39 is 12.0 Å². The van der Waals surface area contributed by atoms with Crippen LogP contribution < -0.4 is 5.32 Å². The van der Waals surface area contributed by atoms with Crippen LogP contribution in [0.2, 0.25) is 0 Å². The monoisotopic (exact) mass is 319 g/mol. The molecule has 0 fully saturated rings. The molecule has 1 aromatic heterocycles. The van der Waals surface area contributed by atoms with Gasteiger partial charge in [0.2, 0.25) is 0 Å². The number of carbonyl (C=O) groups excluding carboxylic acids is 1. The lowest BCUT2D eigenvalue weighted by Gasteiger charge is -2.15. The lowest BCUT2D eigenvalue weighted by atomic mass is 10.0. The van der Waals surface area contributed by atoms with Crippen LogP contribution in [0.3, 0.4) is 0 Å². The van der Waals surface area contributed by atoms with E-state index >= 15 is 0 Å². The average molecular weight is 320 g/mol. The quantitative estimate of drug-likeness (QED) is 0.877. The van der Waals surface area contributed by atoms with Crippen molar-refractivity contribution in [2.45, 2.75) is 26.3 Å². The molecule has 1 atom stereocenters. The molecule has 0 aromatic carbocycles. The first kappa shape index (κ1) is 14.2. The number of hydrogen-bond donors (Lipinski definition) is 2. The van der Waals surface area contributed by atoms with Gasteiger partial charge in [0.25, 0.3) is 5.91 Å². The molecule has 1 rings (SSSR count). The van der Waals surface area contributed by atoms with Gasteiger partial charge in [0, 0.05) is 9.85 Å². The molecular formula is C11H14BrNO3S.